The maximum absolute atomic E-state index is 14.0. The minimum atomic E-state index is -0.625. The quantitative estimate of drug-likeness (QED) is 0.739. The van der Waals surface area contributed by atoms with E-state index in [1.54, 1.807) is 6.92 Å². The summed E-state index contributed by atoms with van der Waals surface area (Å²) in [7, 11) is 1.45. The molecular formula is C21H27F2N3O2S. The Morgan fingerprint density at radius 2 is 1.86 bits per heavy atom. The van der Waals surface area contributed by atoms with Gasteiger partial charge in [0.1, 0.15) is 23.1 Å². The summed E-state index contributed by atoms with van der Waals surface area (Å²) in [5.74, 6) is -1.28. The second kappa shape index (κ2) is 11.9. The molecule has 8 heteroatoms. The van der Waals surface area contributed by atoms with Crippen LogP contribution in [-0.4, -0.2) is 36.0 Å². The van der Waals surface area contributed by atoms with E-state index in [9.17, 15) is 13.6 Å². The lowest BCUT2D eigenvalue weighted by molar-refractivity contribution is -0.144. The second-order valence-corrected chi connectivity index (χ2v) is 7.73. The van der Waals surface area contributed by atoms with Gasteiger partial charge in [0.05, 0.1) is 5.37 Å². The molecule has 0 aromatic heterocycles. The van der Waals surface area contributed by atoms with Gasteiger partial charge in [-0.2, -0.15) is 0 Å². The van der Waals surface area contributed by atoms with Crippen LogP contribution < -0.4 is 11.2 Å². The number of hydrogen-bond acceptors (Lipinski definition) is 5. The lowest BCUT2D eigenvalue weighted by Crippen LogP contribution is -2.47. The van der Waals surface area contributed by atoms with Crippen LogP contribution in [0.2, 0.25) is 0 Å². The normalized spacial score (nSPS) is 19.4. The van der Waals surface area contributed by atoms with E-state index in [1.807, 2.05) is 36.4 Å². The first-order chi connectivity index (χ1) is 14.0. The van der Waals surface area contributed by atoms with Crippen LogP contribution >= 0.6 is 11.8 Å². The lowest BCUT2D eigenvalue weighted by Gasteiger charge is -2.25. The molecule has 158 valence electrons. The third-order valence-corrected chi connectivity index (χ3v) is 5.73. The summed E-state index contributed by atoms with van der Waals surface area (Å²) in [5, 5.41) is 0.696. The number of thioether (sulfide) groups is 1. The Bertz CT molecular complexity index is 740. The highest BCUT2D eigenvalue weighted by molar-refractivity contribution is 8.00. The van der Waals surface area contributed by atoms with Crippen molar-refractivity contribution in [2.24, 2.45) is 5.73 Å². The molecule has 0 bridgehead atoms. The summed E-state index contributed by atoms with van der Waals surface area (Å²) in [6.07, 6.45) is 0.756. The Morgan fingerprint density at radius 1 is 1.24 bits per heavy atom. The number of benzene rings is 2. The summed E-state index contributed by atoms with van der Waals surface area (Å²) >= 11 is 1.37. The third kappa shape index (κ3) is 6.78. The van der Waals surface area contributed by atoms with Crippen LogP contribution in [0.15, 0.2) is 54.6 Å². The van der Waals surface area contributed by atoms with E-state index in [1.165, 1.54) is 23.9 Å². The van der Waals surface area contributed by atoms with Gasteiger partial charge >= 0.3 is 0 Å². The van der Waals surface area contributed by atoms with Crippen LogP contribution in [0, 0.1) is 11.6 Å². The van der Waals surface area contributed by atoms with E-state index in [-0.39, 0.29) is 16.8 Å². The highest BCUT2D eigenvalue weighted by Gasteiger charge is 2.38. The van der Waals surface area contributed by atoms with Crippen molar-refractivity contribution >= 4 is 17.7 Å². The van der Waals surface area contributed by atoms with Crippen LogP contribution in [0.4, 0.5) is 8.78 Å². The van der Waals surface area contributed by atoms with Crippen molar-refractivity contribution in [1.82, 2.24) is 10.4 Å². The minimum absolute atomic E-state index is 0.188. The number of nitrogens with two attached hydrogens (primary N) is 1. The fourth-order valence-corrected chi connectivity index (χ4v) is 4.10. The maximum Gasteiger partial charge on any atom is 0.266 e. The molecule has 0 aliphatic carbocycles. The largest absolute Gasteiger partial charge is 0.372 e. The average Bonchev–Trinajstić information content (AvgIpc) is 3.18. The number of nitrogens with zero attached hydrogens (tertiary/aromatic N) is 1. The van der Waals surface area contributed by atoms with Crippen LogP contribution in [0.3, 0.4) is 0 Å². The topological polar surface area (TPSA) is 67.6 Å². The molecule has 3 rings (SSSR count). The van der Waals surface area contributed by atoms with Crippen molar-refractivity contribution in [3.05, 3.63) is 71.8 Å². The number of ether oxygens (including phenoxy) is 1. The number of carbonyl (C=O) groups is 1. The van der Waals surface area contributed by atoms with Gasteiger partial charge in [0.25, 0.3) is 5.91 Å². The zero-order valence-corrected chi connectivity index (χ0v) is 17.4. The van der Waals surface area contributed by atoms with Crippen molar-refractivity contribution in [3.63, 3.8) is 0 Å². The molecule has 1 aliphatic heterocycles. The highest BCUT2D eigenvalue weighted by atomic mass is 32.2. The predicted molar refractivity (Wildman–Crippen MR) is 112 cm³/mol. The summed E-state index contributed by atoms with van der Waals surface area (Å²) in [6, 6.07) is 15.3. The zero-order valence-electron chi connectivity index (χ0n) is 16.6. The number of nitrogens with one attached hydrogen (secondary N) is 1. The minimum Gasteiger partial charge on any atom is -0.372 e. The lowest BCUT2D eigenvalue weighted by atomic mass is 10.2. The van der Waals surface area contributed by atoms with Gasteiger partial charge in [0.15, 0.2) is 0 Å². The van der Waals surface area contributed by atoms with Gasteiger partial charge in [-0.1, -0.05) is 36.4 Å². The Hall–Kier alpha value is -2.00. The Morgan fingerprint density at radius 3 is 2.41 bits per heavy atom. The van der Waals surface area contributed by atoms with Crippen molar-refractivity contribution in [2.75, 3.05) is 13.7 Å². The SMILES string of the molecule is COC(C)C(=O)N1NC(c2cc(F)ccc2F)SC1CCCN.c1ccccc1. The molecular weight excluding hydrogens is 396 g/mol. The van der Waals surface area contributed by atoms with Gasteiger partial charge in [-0.25, -0.2) is 14.2 Å². The van der Waals surface area contributed by atoms with Crippen LogP contribution in [0.5, 0.6) is 0 Å². The number of amides is 1. The number of carbonyl (C=O) groups excluding carboxylic acids is 1. The molecule has 2 aromatic rings. The predicted octanol–water partition coefficient (Wildman–Crippen LogP) is 3.83. The average molecular weight is 424 g/mol. The van der Waals surface area contributed by atoms with Crippen molar-refractivity contribution in [1.29, 1.82) is 0 Å². The molecule has 0 saturated carbocycles. The van der Waals surface area contributed by atoms with Crippen molar-refractivity contribution < 1.29 is 18.3 Å². The Kier molecular flexibility index (Phi) is 9.53. The van der Waals surface area contributed by atoms with E-state index in [0.717, 1.165) is 24.6 Å². The molecule has 1 heterocycles. The van der Waals surface area contributed by atoms with E-state index < -0.39 is 23.1 Å². The van der Waals surface area contributed by atoms with E-state index in [4.69, 9.17) is 10.5 Å². The summed E-state index contributed by atoms with van der Waals surface area (Å²) < 4.78 is 32.5. The van der Waals surface area contributed by atoms with Gasteiger partial charge in [0, 0.05) is 12.7 Å². The summed E-state index contributed by atoms with van der Waals surface area (Å²) in [6.45, 7) is 2.14. The fraction of sp³-hybridized carbons (Fsp3) is 0.381. The van der Waals surface area contributed by atoms with Gasteiger partial charge in [-0.15, -0.1) is 11.8 Å². The van der Waals surface area contributed by atoms with E-state index in [0.29, 0.717) is 13.0 Å². The number of hydrazine groups is 1. The first-order valence-electron chi connectivity index (χ1n) is 9.40. The molecule has 1 amide bonds. The molecule has 1 fully saturated rings. The molecule has 0 spiro atoms. The first kappa shape index (κ1) is 23.3. The molecule has 1 saturated heterocycles. The van der Waals surface area contributed by atoms with Gasteiger partial charge in [-0.3, -0.25) is 9.80 Å². The van der Waals surface area contributed by atoms with Gasteiger partial charge in [0.2, 0.25) is 0 Å². The second-order valence-electron chi connectivity index (χ2n) is 6.44. The molecule has 0 radical (unpaired) electrons. The number of hydrogen-bond donors (Lipinski definition) is 2. The van der Waals surface area contributed by atoms with E-state index in [2.05, 4.69) is 5.43 Å². The van der Waals surface area contributed by atoms with Gasteiger partial charge in [-0.05, 0) is 44.5 Å². The first-order valence-corrected chi connectivity index (χ1v) is 10.3. The molecule has 1 aliphatic rings. The number of methoxy groups -OCH3 is 1. The molecule has 3 atom stereocenters. The van der Waals surface area contributed by atoms with Crippen LogP contribution in [0.1, 0.15) is 30.7 Å². The maximum atomic E-state index is 14.0. The van der Waals surface area contributed by atoms with E-state index >= 15 is 0 Å². The molecule has 5 nitrogen and oxygen atoms in total. The zero-order chi connectivity index (χ0) is 21.2. The standard InChI is InChI=1S/C15H21F2N3O2S.C6H6/c1-9(22-2)15(21)20-13(4-3-7-18)23-14(19-20)11-8-10(16)5-6-12(11)17;1-2-4-6-5-3-1/h5-6,8-9,13-14,19H,3-4,7,18H2,1-2H3;1-6H. The number of rotatable bonds is 6. The highest BCUT2D eigenvalue weighted by Crippen LogP contribution is 2.40. The molecule has 29 heavy (non-hydrogen) atoms. The molecule has 3 unspecified atom stereocenters. The molecule has 3 N–H and O–H groups in total. The van der Waals surface area contributed by atoms with Crippen LogP contribution in [0.25, 0.3) is 0 Å². The smallest absolute Gasteiger partial charge is 0.266 e. The summed E-state index contributed by atoms with van der Waals surface area (Å²) in [4.78, 5) is 12.4. The van der Waals surface area contributed by atoms with Gasteiger partial charge < -0.3 is 10.5 Å². The fourth-order valence-electron chi connectivity index (χ4n) is 2.69. The monoisotopic (exact) mass is 423 g/mol. The molecule has 2 aromatic carbocycles. The van der Waals surface area contributed by atoms with Crippen molar-refractivity contribution in [3.8, 4) is 0 Å². The third-order valence-electron chi connectivity index (χ3n) is 4.34. The van der Waals surface area contributed by atoms with Crippen molar-refractivity contribution in [2.45, 2.75) is 36.6 Å². The Balaban J connectivity index is 0.000000426. The Labute approximate surface area is 174 Å². The number of halogens is 2. The van der Waals surface area contributed by atoms with Crippen LogP contribution in [-0.2, 0) is 9.53 Å². The summed E-state index contributed by atoms with van der Waals surface area (Å²) in [5.41, 5.74) is 8.69.